The van der Waals surface area contributed by atoms with E-state index >= 15 is 0 Å². The smallest absolute Gasteiger partial charge is 0.325 e. The molecule has 0 radical (unpaired) electrons. The Balaban J connectivity index is 1.72. The van der Waals surface area contributed by atoms with Gasteiger partial charge in [0, 0.05) is 11.5 Å². The number of ketones is 1. The topological polar surface area (TPSA) is 102 Å². The van der Waals surface area contributed by atoms with Crippen molar-refractivity contribution in [3.63, 3.8) is 0 Å². The zero-order valence-electron chi connectivity index (χ0n) is 14.9. The van der Waals surface area contributed by atoms with E-state index in [9.17, 15) is 19.2 Å². The molecule has 7 nitrogen and oxygen atoms in total. The normalized spacial score (nSPS) is 14.3. The van der Waals surface area contributed by atoms with Crippen molar-refractivity contribution >= 4 is 29.3 Å². The number of rotatable bonds is 7. The van der Waals surface area contributed by atoms with Crippen molar-refractivity contribution < 1.29 is 23.9 Å². The number of esters is 1. The van der Waals surface area contributed by atoms with Crippen LogP contribution in [0.25, 0.3) is 0 Å². The van der Waals surface area contributed by atoms with Crippen LogP contribution < -0.4 is 10.6 Å². The van der Waals surface area contributed by atoms with E-state index < -0.39 is 18.5 Å². The molecule has 1 fully saturated rings. The van der Waals surface area contributed by atoms with E-state index in [-0.39, 0.29) is 24.2 Å². The highest BCUT2D eigenvalue weighted by molar-refractivity contribution is 6.04. The highest BCUT2D eigenvalue weighted by Gasteiger charge is 2.21. The lowest BCUT2D eigenvalue weighted by Crippen LogP contribution is -2.36. The number of benzene rings is 1. The molecule has 0 atom stereocenters. The fourth-order valence-electron chi connectivity index (χ4n) is 2.95. The first-order valence-electron chi connectivity index (χ1n) is 8.80. The minimum Gasteiger partial charge on any atom is -0.454 e. The van der Waals surface area contributed by atoms with Gasteiger partial charge in [-0.1, -0.05) is 31.4 Å². The van der Waals surface area contributed by atoms with Crippen molar-refractivity contribution in [1.29, 1.82) is 0 Å². The number of anilines is 1. The number of carbonyl (C=O) groups is 4. The van der Waals surface area contributed by atoms with Crippen LogP contribution in [0.2, 0.25) is 0 Å². The minimum atomic E-state index is -0.677. The fourth-order valence-corrected chi connectivity index (χ4v) is 2.95. The summed E-state index contributed by atoms with van der Waals surface area (Å²) < 4.78 is 4.86. The second-order valence-electron chi connectivity index (χ2n) is 6.36. The Kier molecular flexibility index (Phi) is 7.32. The first-order valence-corrected chi connectivity index (χ1v) is 8.80. The number of carbonyl (C=O) groups excluding carboxylic acids is 4. The number of ether oxygens (including phenoxy) is 1. The lowest BCUT2D eigenvalue weighted by atomic mass is 9.89. The van der Waals surface area contributed by atoms with Gasteiger partial charge < -0.3 is 15.4 Å². The second kappa shape index (κ2) is 9.70. The highest BCUT2D eigenvalue weighted by Crippen LogP contribution is 2.23. The summed E-state index contributed by atoms with van der Waals surface area (Å²) >= 11 is 0. The van der Waals surface area contributed by atoms with Gasteiger partial charge in [-0.2, -0.15) is 0 Å². The van der Waals surface area contributed by atoms with Crippen molar-refractivity contribution in [2.24, 2.45) is 5.92 Å². The number of amides is 2. The van der Waals surface area contributed by atoms with Crippen molar-refractivity contribution in [1.82, 2.24) is 5.32 Å². The Morgan fingerprint density at radius 3 is 2.46 bits per heavy atom. The summed E-state index contributed by atoms with van der Waals surface area (Å²) in [6.45, 7) is 0.664. The molecule has 2 N–H and O–H groups in total. The molecule has 2 rings (SSSR count). The summed E-state index contributed by atoms with van der Waals surface area (Å²) in [4.78, 5) is 47.1. The molecule has 1 aliphatic rings. The van der Waals surface area contributed by atoms with Gasteiger partial charge in [-0.25, -0.2) is 0 Å². The van der Waals surface area contributed by atoms with Gasteiger partial charge in [0.15, 0.2) is 12.4 Å². The maximum absolute atomic E-state index is 12.0. The van der Waals surface area contributed by atoms with E-state index in [1.807, 2.05) is 0 Å². The molecule has 0 aliphatic heterocycles. The van der Waals surface area contributed by atoms with E-state index in [4.69, 9.17) is 4.74 Å². The molecule has 140 valence electrons. The van der Waals surface area contributed by atoms with E-state index in [1.54, 1.807) is 24.3 Å². The zero-order chi connectivity index (χ0) is 18.9. The third-order valence-corrected chi connectivity index (χ3v) is 4.33. The Hall–Kier alpha value is -2.70. The van der Waals surface area contributed by atoms with Gasteiger partial charge in [-0.15, -0.1) is 0 Å². The van der Waals surface area contributed by atoms with Crippen LogP contribution in [0, 0.1) is 5.92 Å². The van der Waals surface area contributed by atoms with Crippen LogP contribution in [-0.2, 0) is 19.1 Å². The summed E-state index contributed by atoms with van der Waals surface area (Å²) in [7, 11) is 0. The van der Waals surface area contributed by atoms with Gasteiger partial charge in [-0.05, 0) is 31.9 Å². The molecule has 1 aliphatic carbocycles. The van der Waals surface area contributed by atoms with Crippen molar-refractivity contribution in [3.8, 4) is 0 Å². The lowest BCUT2D eigenvalue weighted by Gasteiger charge is -2.20. The summed E-state index contributed by atoms with van der Waals surface area (Å²) in [5.41, 5.74) is 0.749. The van der Waals surface area contributed by atoms with Crippen molar-refractivity contribution in [3.05, 3.63) is 29.8 Å². The molecule has 1 aromatic rings. The van der Waals surface area contributed by atoms with Crippen molar-refractivity contribution in [2.75, 3.05) is 18.5 Å². The third-order valence-electron chi connectivity index (χ3n) is 4.33. The molecular weight excluding hydrogens is 336 g/mol. The van der Waals surface area contributed by atoms with E-state index in [1.165, 1.54) is 6.92 Å². The number of nitrogens with one attached hydrogen (secondary N) is 2. The summed E-state index contributed by atoms with van der Waals surface area (Å²) in [6.07, 6.45) is 4.90. The van der Waals surface area contributed by atoms with Gasteiger partial charge >= 0.3 is 5.97 Å². The van der Waals surface area contributed by atoms with Gasteiger partial charge in [0.05, 0.1) is 5.69 Å². The first kappa shape index (κ1) is 19.6. The molecule has 1 aromatic carbocycles. The molecule has 0 spiro atoms. The number of hydrogen-bond acceptors (Lipinski definition) is 5. The average molecular weight is 360 g/mol. The molecular formula is C19H24N2O5. The molecule has 1 saturated carbocycles. The van der Waals surface area contributed by atoms with Crippen molar-refractivity contribution in [2.45, 2.75) is 39.0 Å². The highest BCUT2D eigenvalue weighted by atomic mass is 16.5. The van der Waals surface area contributed by atoms with Gasteiger partial charge in [0.25, 0.3) is 5.91 Å². The predicted molar refractivity (Wildman–Crippen MR) is 95.6 cm³/mol. The molecule has 7 heteroatoms. The second-order valence-corrected chi connectivity index (χ2v) is 6.36. The minimum absolute atomic E-state index is 0.0390. The van der Waals surface area contributed by atoms with Gasteiger partial charge in [0.1, 0.15) is 6.54 Å². The summed E-state index contributed by atoms with van der Waals surface area (Å²) in [6, 6.07) is 6.59. The zero-order valence-corrected chi connectivity index (χ0v) is 14.9. The Labute approximate surface area is 152 Å². The number of hydrogen-bond donors (Lipinski definition) is 2. The molecule has 0 bridgehead atoms. The van der Waals surface area contributed by atoms with E-state index in [0.717, 1.165) is 32.1 Å². The first-order chi connectivity index (χ1) is 12.5. The van der Waals surface area contributed by atoms with Gasteiger partial charge in [-0.3, -0.25) is 19.2 Å². The summed E-state index contributed by atoms with van der Waals surface area (Å²) in [5.74, 6) is -1.58. The average Bonchev–Trinajstić information content (AvgIpc) is 2.65. The lowest BCUT2D eigenvalue weighted by molar-refractivity contribution is -0.147. The Bertz CT molecular complexity index is 680. The van der Waals surface area contributed by atoms with Crippen LogP contribution in [0.15, 0.2) is 24.3 Å². The number of para-hydroxylation sites is 1. The van der Waals surface area contributed by atoms with Gasteiger partial charge in [0.2, 0.25) is 5.91 Å². The van der Waals surface area contributed by atoms with Crippen LogP contribution in [0.5, 0.6) is 0 Å². The van der Waals surface area contributed by atoms with E-state index in [0.29, 0.717) is 11.3 Å². The SMILES string of the molecule is CC(=O)c1ccccc1NC(=O)COC(=O)CNC(=O)C1CCCCC1. The molecule has 26 heavy (non-hydrogen) atoms. The molecule has 0 saturated heterocycles. The monoisotopic (exact) mass is 360 g/mol. The Morgan fingerprint density at radius 2 is 1.77 bits per heavy atom. The van der Waals surface area contributed by atoms with Crippen LogP contribution in [0.3, 0.4) is 0 Å². The maximum Gasteiger partial charge on any atom is 0.325 e. The predicted octanol–water partition coefficient (Wildman–Crippen LogP) is 2.07. The molecule has 0 unspecified atom stereocenters. The molecule has 0 aromatic heterocycles. The summed E-state index contributed by atoms with van der Waals surface area (Å²) in [5, 5.41) is 5.10. The largest absolute Gasteiger partial charge is 0.454 e. The van der Waals surface area contributed by atoms with Crippen LogP contribution >= 0.6 is 0 Å². The quantitative estimate of drug-likeness (QED) is 0.572. The van der Waals surface area contributed by atoms with Crippen LogP contribution in [0.4, 0.5) is 5.69 Å². The standard InChI is InChI=1S/C19H24N2O5/c1-13(22)15-9-5-6-10-16(15)21-17(23)12-26-18(24)11-20-19(25)14-7-3-2-4-8-14/h5-6,9-10,14H,2-4,7-8,11-12H2,1H3,(H,20,25)(H,21,23). The number of Topliss-reactive ketones (excluding diaryl/α,β-unsaturated/α-hetero) is 1. The van der Waals surface area contributed by atoms with Crippen LogP contribution in [0.1, 0.15) is 49.4 Å². The molecule has 2 amide bonds. The molecule has 0 heterocycles. The maximum atomic E-state index is 12.0. The van der Waals surface area contributed by atoms with E-state index in [2.05, 4.69) is 10.6 Å². The van der Waals surface area contributed by atoms with Crippen LogP contribution in [-0.4, -0.2) is 36.7 Å². The fraction of sp³-hybridized carbons (Fsp3) is 0.474. The third kappa shape index (κ3) is 5.98. The Morgan fingerprint density at radius 1 is 1.08 bits per heavy atom.